The molecule has 3 rings (SSSR count). The number of aryl methyl sites for hydroxylation is 1. The average Bonchev–Trinajstić information content (AvgIpc) is 2.86. The monoisotopic (exact) mass is 450 g/mol. The number of aromatic nitrogens is 2. The Labute approximate surface area is 202 Å². The van der Waals surface area contributed by atoms with E-state index in [2.05, 4.69) is 35.9 Å². The lowest BCUT2D eigenvalue weighted by Crippen LogP contribution is -2.15. The van der Waals surface area contributed by atoms with Gasteiger partial charge in [-0.25, -0.2) is 9.97 Å². The van der Waals surface area contributed by atoms with Crippen LogP contribution in [0.3, 0.4) is 0 Å². The quantitative estimate of drug-likeness (QED) is 0.254. The van der Waals surface area contributed by atoms with E-state index in [1.165, 1.54) is 89.0 Å². The smallest absolute Gasteiger partial charge is 0.159 e. The summed E-state index contributed by atoms with van der Waals surface area (Å²) in [6.07, 6.45) is 24.1. The minimum atomic E-state index is 0.800. The van der Waals surface area contributed by atoms with Crippen molar-refractivity contribution in [1.82, 2.24) is 9.97 Å². The van der Waals surface area contributed by atoms with Gasteiger partial charge in [0.1, 0.15) is 5.75 Å². The van der Waals surface area contributed by atoms with Gasteiger partial charge < -0.3 is 4.74 Å². The largest absolute Gasteiger partial charge is 0.494 e. The van der Waals surface area contributed by atoms with Crippen LogP contribution in [-0.2, 0) is 6.42 Å². The van der Waals surface area contributed by atoms with Crippen molar-refractivity contribution in [1.29, 1.82) is 0 Å². The summed E-state index contributed by atoms with van der Waals surface area (Å²) in [5.41, 5.74) is 2.32. The first kappa shape index (κ1) is 25.7. The van der Waals surface area contributed by atoms with Gasteiger partial charge in [0.2, 0.25) is 0 Å². The molecule has 0 aliphatic heterocycles. The standard InChI is InChI=1S/C30H46N2O/c1-3-5-7-8-10-22-33-29-20-18-28(19-21-29)30-31-23-27(24-32-30)17-16-26-14-12-25(13-15-26)11-9-6-4-2/h18-21,23-26H,3-17,22H2,1-2H3/t25-,26-. The molecule has 0 N–H and O–H groups in total. The normalized spacial score (nSPS) is 18.4. The Morgan fingerprint density at radius 1 is 0.727 bits per heavy atom. The van der Waals surface area contributed by atoms with Crippen molar-refractivity contribution in [3.05, 3.63) is 42.2 Å². The lowest BCUT2D eigenvalue weighted by Gasteiger charge is -2.28. The van der Waals surface area contributed by atoms with Crippen LogP contribution in [0.25, 0.3) is 11.4 Å². The number of ether oxygens (including phenoxy) is 1. The molecule has 0 spiro atoms. The van der Waals surface area contributed by atoms with Crippen molar-refractivity contribution in [2.24, 2.45) is 11.8 Å². The fraction of sp³-hybridized carbons (Fsp3) is 0.667. The highest BCUT2D eigenvalue weighted by Crippen LogP contribution is 2.34. The summed E-state index contributed by atoms with van der Waals surface area (Å²) in [6, 6.07) is 8.22. The third kappa shape index (κ3) is 9.47. The van der Waals surface area contributed by atoms with Crippen LogP contribution in [-0.4, -0.2) is 16.6 Å². The molecule has 1 fully saturated rings. The number of rotatable bonds is 15. The first-order valence-corrected chi connectivity index (χ1v) is 13.8. The van der Waals surface area contributed by atoms with Gasteiger partial charge in [-0.2, -0.15) is 0 Å². The Kier molecular flexibility index (Phi) is 11.8. The van der Waals surface area contributed by atoms with Crippen molar-refractivity contribution >= 4 is 0 Å². The Morgan fingerprint density at radius 2 is 1.33 bits per heavy atom. The third-order valence-corrected chi connectivity index (χ3v) is 7.36. The summed E-state index contributed by atoms with van der Waals surface area (Å²) in [5.74, 6) is 3.63. The van der Waals surface area contributed by atoms with Crippen LogP contribution in [0.5, 0.6) is 5.75 Å². The van der Waals surface area contributed by atoms with Gasteiger partial charge in [0.25, 0.3) is 0 Å². The predicted octanol–water partition coefficient (Wildman–Crippen LogP) is 8.81. The van der Waals surface area contributed by atoms with E-state index < -0.39 is 0 Å². The van der Waals surface area contributed by atoms with Gasteiger partial charge in [0.15, 0.2) is 5.82 Å². The van der Waals surface area contributed by atoms with E-state index in [1.54, 1.807) is 0 Å². The molecular formula is C30H46N2O. The molecule has 1 aliphatic rings. The molecule has 3 nitrogen and oxygen atoms in total. The van der Waals surface area contributed by atoms with Crippen LogP contribution in [0.2, 0.25) is 0 Å². The second-order valence-corrected chi connectivity index (χ2v) is 10.1. The lowest BCUT2D eigenvalue weighted by atomic mass is 9.78. The van der Waals surface area contributed by atoms with Gasteiger partial charge in [-0.05, 0) is 60.9 Å². The van der Waals surface area contributed by atoms with Crippen molar-refractivity contribution in [2.75, 3.05) is 6.61 Å². The predicted molar refractivity (Wildman–Crippen MR) is 140 cm³/mol. The fourth-order valence-electron chi connectivity index (χ4n) is 5.09. The molecule has 0 bridgehead atoms. The molecule has 1 aliphatic carbocycles. The van der Waals surface area contributed by atoms with E-state index in [4.69, 9.17) is 4.74 Å². The molecule has 0 amide bonds. The maximum atomic E-state index is 5.88. The summed E-state index contributed by atoms with van der Waals surface area (Å²) in [4.78, 5) is 9.30. The van der Waals surface area contributed by atoms with Gasteiger partial charge in [0, 0.05) is 18.0 Å². The van der Waals surface area contributed by atoms with E-state index in [1.807, 2.05) is 24.5 Å². The van der Waals surface area contributed by atoms with Crippen molar-refractivity contribution in [2.45, 2.75) is 110 Å². The van der Waals surface area contributed by atoms with Crippen molar-refractivity contribution in [3.63, 3.8) is 0 Å². The zero-order valence-electron chi connectivity index (χ0n) is 21.2. The molecule has 33 heavy (non-hydrogen) atoms. The number of unbranched alkanes of at least 4 members (excludes halogenated alkanes) is 6. The molecule has 0 unspecified atom stereocenters. The molecule has 1 aromatic heterocycles. The van der Waals surface area contributed by atoms with Crippen LogP contribution in [0.15, 0.2) is 36.7 Å². The summed E-state index contributed by atoms with van der Waals surface area (Å²) in [5, 5.41) is 0. The number of nitrogens with zero attached hydrogens (tertiary/aromatic N) is 2. The van der Waals surface area contributed by atoms with Crippen LogP contribution in [0.4, 0.5) is 0 Å². The molecule has 2 aromatic rings. The molecule has 0 saturated heterocycles. The fourth-order valence-corrected chi connectivity index (χ4v) is 5.09. The van der Waals surface area contributed by atoms with E-state index in [9.17, 15) is 0 Å². The maximum absolute atomic E-state index is 5.88. The minimum Gasteiger partial charge on any atom is -0.494 e. The van der Waals surface area contributed by atoms with Crippen LogP contribution >= 0.6 is 0 Å². The molecular weight excluding hydrogens is 404 g/mol. The van der Waals surface area contributed by atoms with Crippen molar-refractivity contribution in [3.8, 4) is 17.1 Å². The molecule has 1 aromatic carbocycles. The summed E-state index contributed by atoms with van der Waals surface area (Å²) >= 11 is 0. The molecule has 1 saturated carbocycles. The summed E-state index contributed by atoms with van der Waals surface area (Å²) < 4.78 is 5.88. The number of hydrogen-bond acceptors (Lipinski definition) is 3. The van der Waals surface area contributed by atoms with Crippen LogP contribution in [0, 0.1) is 11.8 Å². The zero-order valence-corrected chi connectivity index (χ0v) is 21.2. The van der Waals surface area contributed by atoms with Gasteiger partial charge in [-0.3, -0.25) is 0 Å². The first-order valence-electron chi connectivity index (χ1n) is 13.8. The Hall–Kier alpha value is -1.90. The second kappa shape index (κ2) is 15.1. The minimum absolute atomic E-state index is 0.800. The highest BCUT2D eigenvalue weighted by Gasteiger charge is 2.20. The van der Waals surface area contributed by atoms with E-state index in [-0.39, 0.29) is 0 Å². The Balaban J connectivity index is 1.36. The molecule has 3 heteroatoms. The van der Waals surface area contributed by atoms with E-state index >= 15 is 0 Å². The highest BCUT2D eigenvalue weighted by atomic mass is 16.5. The van der Waals surface area contributed by atoms with Gasteiger partial charge in [0.05, 0.1) is 6.61 Å². The van der Waals surface area contributed by atoms with Crippen LogP contribution in [0.1, 0.15) is 109 Å². The summed E-state index contributed by atoms with van der Waals surface area (Å²) in [7, 11) is 0. The van der Waals surface area contributed by atoms with Crippen molar-refractivity contribution < 1.29 is 4.74 Å². The topological polar surface area (TPSA) is 35.0 Å². The molecule has 0 atom stereocenters. The number of benzene rings is 1. The van der Waals surface area contributed by atoms with Crippen LogP contribution < -0.4 is 4.74 Å². The first-order chi connectivity index (χ1) is 16.3. The van der Waals surface area contributed by atoms with E-state index in [0.29, 0.717) is 0 Å². The summed E-state index contributed by atoms with van der Waals surface area (Å²) in [6.45, 7) is 5.35. The second-order valence-electron chi connectivity index (χ2n) is 10.1. The van der Waals surface area contributed by atoms with Gasteiger partial charge in [-0.15, -0.1) is 0 Å². The molecule has 0 radical (unpaired) electrons. The zero-order chi connectivity index (χ0) is 23.1. The average molecular weight is 451 g/mol. The SMILES string of the molecule is CCCCCCCOc1ccc(-c2ncc(CC[C@H]3CC[C@H](CCCCC)CC3)cn2)cc1. The Morgan fingerprint density at radius 3 is 2.00 bits per heavy atom. The molecule has 182 valence electrons. The lowest BCUT2D eigenvalue weighted by molar-refractivity contribution is 0.249. The van der Waals surface area contributed by atoms with Gasteiger partial charge >= 0.3 is 0 Å². The van der Waals surface area contributed by atoms with E-state index in [0.717, 1.165) is 48.4 Å². The van der Waals surface area contributed by atoms with Gasteiger partial charge in [-0.1, -0.05) is 90.9 Å². The maximum Gasteiger partial charge on any atom is 0.159 e. The highest BCUT2D eigenvalue weighted by molar-refractivity contribution is 5.55. The molecule has 1 heterocycles. The third-order valence-electron chi connectivity index (χ3n) is 7.36. The Bertz CT molecular complexity index is 748. The number of hydrogen-bond donors (Lipinski definition) is 0.